The van der Waals surface area contributed by atoms with Crippen molar-refractivity contribution in [3.63, 3.8) is 0 Å². The molecular formula is C29H31F2N7O2S. The highest BCUT2D eigenvalue weighted by Crippen LogP contribution is 2.39. The van der Waals surface area contributed by atoms with Crippen LogP contribution in [0, 0.1) is 23.0 Å². The molecule has 1 aliphatic heterocycles. The number of aryl methyl sites for hydroxylation is 1. The lowest BCUT2D eigenvalue weighted by molar-refractivity contribution is 0.0240. The first-order chi connectivity index (χ1) is 22.4. The average molecular weight is 587 g/mol. The number of thiazole rings is 1. The summed E-state index contributed by atoms with van der Waals surface area (Å²) in [6, 6.07) is -0.152. The number of piperazine rings is 1. The highest BCUT2D eigenvalue weighted by atomic mass is 32.1. The summed E-state index contributed by atoms with van der Waals surface area (Å²) in [5, 5.41) is 14.1. The van der Waals surface area contributed by atoms with Crippen molar-refractivity contribution >= 4 is 39.5 Å². The Morgan fingerprint density at radius 2 is 1.95 bits per heavy atom. The van der Waals surface area contributed by atoms with Crippen LogP contribution in [-0.4, -0.2) is 64.3 Å². The van der Waals surface area contributed by atoms with Crippen LogP contribution >= 0.6 is 11.3 Å². The molecule has 3 aromatic heterocycles. The summed E-state index contributed by atoms with van der Waals surface area (Å²) in [6.07, 6.45) is 0.863. The largest absolute Gasteiger partial charge is 0.444 e. The number of carbonyl (C=O) groups excluding carboxylic acids is 1. The number of carbonyl (C=O) groups is 1. The van der Waals surface area contributed by atoms with Gasteiger partial charge in [0.05, 0.1) is 34.3 Å². The fraction of sp³-hybridized carbons (Fsp3) is 0.379. The number of ether oxygens (including phenoxy) is 1. The zero-order chi connectivity index (χ0) is 35.5. The SMILES string of the molecule is [2H]c1c([2H])c(-c2nc(N(c3c(CC)nn4cc(F)c(N5CCN(C(=O)OC(C)(C)C)CC5)cc34)C([2H])([2H])[2H])sc2C#N)c([2H])c([2H])c1F. The summed E-state index contributed by atoms with van der Waals surface area (Å²) in [4.78, 5) is 20.8. The van der Waals surface area contributed by atoms with E-state index < -0.39 is 60.0 Å². The number of hydrogen-bond acceptors (Lipinski definition) is 8. The number of anilines is 3. The molecule has 1 aromatic carbocycles. The molecule has 9 nitrogen and oxygen atoms in total. The van der Waals surface area contributed by atoms with E-state index in [2.05, 4.69) is 10.1 Å². The number of nitriles is 1. The molecule has 0 spiro atoms. The molecule has 0 saturated carbocycles. The second-order valence-electron chi connectivity index (χ2n) is 10.3. The van der Waals surface area contributed by atoms with Crippen molar-refractivity contribution in [1.29, 1.82) is 5.26 Å². The van der Waals surface area contributed by atoms with Gasteiger partial charge in [-0.25, -0.2) is 23.1 Å². The Labute approximate surface area is 251 Å². The maximum atomic E-state index is 15.6. The Kier molecular flexibility index (Phi) is 5.51. The van der Waals surface area contributed by atoms with Gasteiger partial charge in [-0.1, -0.05) is 18.3 Å². The van der Waals surface area contributed by atoms with E-state index >= 15 is 4.39 Å². The number of rotatable bonds is 5. The molecule has 214 valence electrons. The minimum absolute atomic E-state index is 0.0505. The van der Waals surface area contributed by atoms with Crippen molar-refractivity contribution in [2.75, 3.05) is 43.0 Å². The molecule has 4 aromatic rings. The summed E-state index contributed by atoms with van der Waals surface area (Å²) in [6.45, 7) is 5.11. The highest BCUT2D eigenvalue weighted by Gasteiger charge is 2.28. The molecule has 1 aliphatic rings. The lowest BCUT2D eigenvalue weighted by Crippen LogP contribution is -2.50. The number of pyridine rings is 1. The van der Waals surface area contributed by atoms with Crippen LogP contribution in [0.2, 0.25) is 0 Å². The molecule has 1 saturated heterocycles. The minimum atomic E-state index is -2.94. The van der Waals surface area contributed by atoms with Crippen LogP contribution in [0.5, 0.6) is 0 Å². The Balaban J connectivity index is 1.62. The number of halogens is 2. The predicted molar refractivity (Wildman–Crippen MR) is 155 cm³/mol. The summed E-state index contributed by atoms with van der Waals surface area (Å²) in [5.41, 5.74) is -0.811. The van der Waals surface area contributed by atoms with Gasteiger partial charge in [0.1, 0.15) is 28.1 Å². The van der Waals surface area contributed by atoms with Crippen molar-refractivity contribution in [3.8, 4) is 17.3 Å². The summed E-state index contributed by atoms with van der Waals surface area (Å²) >= 11 is 0.631. The van der Waals surface area contributed by atoms with Crippen molar-refractivity contribution in [3.05, 3.63) is 58.6 Å². The van der Waals surface area contributed by atoms with E-state index in [1.807, 2.05) is 6.07 Å². The van der Waals surface area contributed by atoms with Crippen LogP contribution in [0.4, 0.5) is 30.1 Å². The zero-order valence-electron chi connectivity index (χ0n) is 29.8. The van der Waals surface area contributed by atoms with Gasteiger partial charge >= 0.3 is 6.09 Å². The monoisotopic (exact) mass is 586 g/mol. The van der Waals surface area contributed by atoms with E-state index in [0.717, 1.165) is 11.1 Å². The topological polar surface area (TPSA) is 90.0 Å². The second kappa shape index (κ2) is 11.0. The number of hydrogen-bond donors (Lipinski definition) is 0. The van der Waals surface area contributed by atoms with Gasteiger partial charge in [-0.05, 0) is 57.4 Å². The van der Waals surface area contributed by atoms with Gasteiger partial charge < -0.3 is 19.4 Å². The van der Waals surface area contributed by atoms with Crippen LogP contribution in [0.1, 0.15) is 47.9 Å². The van der Waals surface area contributed by atoms with Crippen molar-refractivity contribution in [1.82, 2.24) is 19.5 Å². The van der Waals surface area contributed by atoms with Crippen LogP contribution < -0.4 is 9.80 Å². The van der Waals surface area contributed by atoms with Crippen LogP contribution in [-0.2, 0) is 11.2 Å². The molecule has 1 amide bonds. The number of amides is 1. The summed E-state index contributed by atoms with van der Waals surface area (Å²) in [7, 11) is 0. The Morgan fingerprint density at radius 3 is 2.56 bits per heavy atom. The second-order valence-corrected chi connectivity index (χ2v) is 11.2. The number of aromatic nitrogens is 3. The first-order valence-corrected chi connectivity index (χ1v) is 13.6. The van der Waals surface area contributed by atoms with E-state index in [1.165, 1.54) is 15.5 Å². The van der Waals surface area contributed by atoms with E-state index in [0.29, 0.717) is 11.3 Å². The molecule has 0 N–H and O–H groups in total. The maximum absolute atomic E-state index is 15.6. The molecule has 0 unspecified atom stereocenters. The van der Waals surface area contributed by atoms with Gasteiger partial charge in [0.25, 0.3) is 0 Å². The van der Waals surface area contributed by atoms with E-state index in [9.17, 15) is 14.4 Å². The van der Waals surface area contributed by atoms with E-state index in [4.69, 9.17) is 14.3 Å². The van der Waals surface area contributed by atoms with Gasteiger partial charge in [-0.3, -0.25) is 0 Å². The third-order valence-electron chi connectivity index (χ3n) is 6.32. The van der Waals surface area contributed by atoms with Gasteiger partial charge in [0.2, 0.25) is 0 Å². The maximum Gasteiger partial charge on any atom is 0.410 e. The van der Waals surface area contributed by atoms with Gasteiger partial charge in [0.15, 0.2) is 10.9 Å². The quantitative estimate of drug-likeness (QED) is 0.284. The molecular weight excluding hydrogens is 548 g/mol. The molecule has 12 heteroatoms. The normalized spacial score (nSPS) is 16.7. The number of nitrogens with zero attached hydrogens (tertiary/aromatic N) is 7. The van der Waals surface area contributed by atoms with E-state index in [-0.39, 0.29) is 70.9 Å². The Bertz CT molecular complexity index is 1930. The van der Waals surface area contributed by atoms with Gasteiger partial charge in [-0.2, -0.15) is 10.4 Å². The Hall–Kier alpha value is -4.24. The van der Waals surface area contributed by atoms with E-state index in [1.54, 1.807) is 32.6 Å². The molecule has 4 heterocycles. The highest BCUT2D eigenvalue weighted by molar-refractivity contribution is 7.16. The molecule has 0 radical (unpaired) electrons. The molecule has 0 atom stereocenters. The van der Waals surface area contributed by atoms with Crippen molar-refractivity contribution in [2.45, 2.75) is 39.7 Å². The molecule has 1 fully saturated rings. The fourth-order valence-corrected chi connectivity index (χ4v) is 5.23. The third-order valence-corrected chi connectivity index (χ3v) is 7.26. The van der Waals surface area contributed by atoms with Crippen LogP contribution in [0.25, 0.3) is 16.8 Å². The molecule has 0 aliphatic carbocycles. The number of fused-ring (bicyclic) bond motifs is 1. The lowest BCUT2D eigenvalue weighted by Gasteiger charge is -2.36. The molecule has 0 bridgehead atoms. The standard InChI is InChI=1S/C29H31F2N7O2S/c1-6-21-26(35(5)27-33-25(24(16-32)41-27)18-7-9-19(30)10-8-18)23-15-22(20(31)17-38(23)34-21)36-11-13-37(14-12-36)28(39)40-29(2,3)4/h7-10,15,17H,6,11-14H2,1-5H3/i5D3,7D,8D,9D,10D. The van der Waals surface area contributed by atoms with Gasteiger partial charge in [0, 0.05) is 42.8 Å². The third kappa shape index (κ3) is 5.67. The van der Waals surface area contributed by atoms with Gasteiger partial charge in [-0.15, -0.1) is 0 Å². The number of benzene rings is 1. The average Bonchev–Trinajstić information content (AvgIpc) is 3.58. The summed E-state index contributed by atoms with van der Waals surface area (Å²) in [5.74, 6) is -2.01. The first kappa shape index (κ1) is 20.6. The minimum Gasteiger partial charge on any atom is -0.444 e. The fourth-order valence-electron chi connectivity index (χ4n) is 4.43. The zero-order valence-corrected chi connectivity index (χ0v) is 23.6. The Morgan fingerprint density at radius 1 is 1.24 bits per heavy atom. The predicted octanol–water partition coefficient (Wildman–Crippen LogP) is 6.00. The van der Waals surface area contributed by atoms with Crippen LogP contribution in [0.3, 0.4) is 0 Å². The van der Waals surface area contributed by atoms with Crippen molar-refractivity contribution in [2.24, 2.45) is 0 Å². The smallest absolute Gasteiger partial charge is 0.410 e. The van der Waals surface area contributed by atoms with Crippen molar-refractivity contribution < 1.29 is 27.9 Å². The molecule has 41 heavy (non-hydrogen) atoms. The lowest BCUT2D eigenvalue weighted by atomic mass is 10.1. The molecule has 5 rings (SSSR count). The first-order valence-electron chi connectivity index (χ1n) is 16.3. The summed E-state index contributed by atoms with van der Waals surface area (Å²) < 4.78 is 94.3. The van der Waals surface area contributed by atoms with Crippen LogP contribution in [0.15, 0.2) is 36.4 Å².